The van der Waals surface area contributed by atoms with E-state index < -0.39 is 15.4 Å². The molecule has 1 saturated heterocycles. The number of aryl methyl sites for hydroxylation is 2. The summed E-state index contributed by atoms with van der Waals surface area (Å²) in [6.07, 6.45) is 3.38. The van der Waals surface area contributed by atoms with E-state index in [1.165, 1.54) is 0 Å². The summed E-state index contributed by atoms with van der Waals surface area (Å²) in [6.45, 7) is 8.73. The number of fused-ring (bicyclic) bond motifs is 2. The molecule has 0 N–H and O–H groups in total. The molecule has 8 heteroatoms. The lowest BCUT2D eigenvalue weighted by atomic mass is 9.70. The standard InChI is InChI=1S/C21H31N3O4S/c1-14-11-19(23-15(2)22-14)28-17-6-9-24(10-7-17)29(26,27)13-21-8-5-16(12-18(21)25)20(21,3)4/h11,16-17H,5-10,12-13H2,1-4H3. The van der Waals surface area contributed by atoms with E-state index in [2.05, 4.69) is 23.8 Å². The minimum absolute atomic E-state index is 0.0435. The average Bonchev–Trinajstić information content (AvgIpc) is 2.95. The van der Waals surface area contributed by atoms with Crippen LogP contribution in [0.15, 0.2) is 6.07 Å². The van der Waals surface area contributed by atoms with Crippen molar-refractivity contribution in [2.75, 3.05) is 18.8 Å². The van der Waals surface area contributed by atoms with E-state index in [-0.39, 0.29) is 23.1 Å². The number of hydrogen-bond donors (Lipinski definition) is 0. The Labute approximate surface area is 173 Å². The summed E-state index contributed by atoms with van der Waals surface area (Å²) in [7, 11) is -3.49. The van der Waals surface area contributed by atoms with Gasteiger partial charge in [0, 0.05) is 36.7 Å². The Balaban J connectivity index is 1.41. The van der Waals surface area contributed by atoms with Crippen LogP contribution in [0.3, 0.4) is 0 Å². The molecule has 3 aliphatic rings. The Hall–Kier alpha value is -1.54. The van der Waals surface area contributed by atoms with Gasteiger partial charge < -0.3 is 4.74 Å². The first-order valence-electron chi connectivity index (χ1n) is 10.5. The molecule has 29 heavy (non-hydrogen) atoms. The van der Waals surface area contributed by atoms with Crippen LogP contribution in [0.5, 0.6) is 5.88 Å². The molecule has 0 radical (unpaired) electrons. The first kappa shape index (κ1) is 20.7. The monoisotopic (exact) mass is 421 g/mol. The highest BCUT2D eigenvalue weighted by Gasteiger charge is 2.65. The van der Waals surface area contributed by atoms with Crippen LogP contribution in [-0.2, 0) is 14.8 Å². The molecule has 2 saturated carbocycles. The number of carbonyl (C=O) groups is 1. The van der Waals surface area contributed by atoms with Crippen LogP contribution in [0.1, 0.15) is 57.5 Å². The van der Waals surface area contributed by atoms with Crippen molar-refractivity contribution in [1.82, 2.24) is 14.3 Å². The van der Waals surface area contributed by atoms with Crippen molar-refractivity contribution in [3.8, 4) is 5.88 Å². The predicted molar refractivity (Wildman–Crippen MR) is 109 cm³/mol. The SMILES string of the molecule is Cc1cc(OC2CCN(S(=O)(=O)CC34CCC(CC3=O)C4(C)C)CC2)nc(C)n1. The summed E-state index contributed by atoms with van der Waals surface area (Å²) in [5.41, 5.74) is -0.0910. The third kappa shape index (κ3) is 3.48. The molecule has 1 aliphatic heterocycles. The van der Waals surface area contributed by atoms with E-state index in [4.69, 9.17) is 4.74 Å². The van der Waals surface area contributed by atoms with Crippen molar-refractivity contribution in [2.24, 2.45) is 16.7 Å². The summed E-state index contributed by atoms with van der Waals surface area (Å²) in [6, 6.07) is 1.81. The summed E-state index contributed by atoms with van der Waals surface area (Å²) in [5, 5.41) is 0. The Kier molecular flexibility index (Phi) is 5.01. The maximum Gasteiger partial charge on any atom is 0.217 e. The molecule has 160 valence electrons. The number of aromatic nitrogens is 2. The number of hydrogen-bond acceptors (Lipinski definition) is 6. The Morgan fingerprint density at radius 3 is 2.41 bits per heavy atom. The molecular weight excluding hydrogens is 390 g/mol. The van der Waals surface area contributed by atoms with Crippen molar-refractivity contribution in [3.63, 3.8) is 0 Å². The topological polar surface area (TPSA) is 89.5 Å². The lowest BCUT2D eigenvalue weighted by Crippen LogP contribution is -2.49. The number of piperidine rings is 1. The van der Waals surface area contributed by atoms with Crippen LogP contribution in [0.2, 0.25) is 0 Å². The van der Waals surface area contributed by atoms with Gasteiger partial charge in [-0.05, 0) is 50.9 Å². The molecule has 1 aromatic rings. The quantitative estimate of drug-likeness (QED) is 0.726. The fourth-order valence-corrected chi connectivity index (χ4v) is 7.90. The van der Waals surface area contributed by atoms with Gasteiger partial charge in [-0.3, -0.25) is 4.79 Å². The molecule has 0 amide bonds. The number of rotatable bonds is 5. The lowest BCUT2D eigenvalue weighted by molar-refractivity contribution is -0.128. The summed E-state index contributed by atoms with van der Waals surface area (Å²) >= 11 is 0. The van der Waals surface area contributed by atoms with Crippen LogP contribution in [-0.4, -0.2) is 53.4 Å². The van der Waals surface area contributed by atoms with E-state index in [1.54, 1.807) is 10.4 Å². The van der Waals surface area contributed by atoms with Crippen LogP contribution < -0.4 is 4.74 Å². The predicted octanol–water partition coefficient (Wildman–Crippen LogP) is 2.66. The molecular formula is C21H31N3O4S. The molecule has 2 unspecified atom stereocenters. The van der Waals surface area contributed by atoms with Gasteiger partial charge in [-0.1, -0.05) is 13.8 Å². The van der Waals surface area contributed by atoms with Gasteiger partial charge in [-0.15, -0.1) is 0 Å². The van der Waals surface area contributed by atoms with E-state index >= 15 is 0 Å². The van der Waals surface area contributed by atoms with Gasteiger partial charge in [0.25, 0.3) is 0 Å². The molecule has 1 aromatic heterocycles. The number of nitrogens with zero attached hydrogens (tertiary/aromatic N) is 3. The van der Waals surface area contributed by atoms with Gasteiger partial charge in [0.2, 0.25) is 15.9 Å². The van der Waals surface area contributed by atoms with Crippen molar-refractivity contribution in [2.45, 2.75) is 65.9 Å². The molecule has 0 aromatic carbocycles. The van der Waals surface area contributed by atoms with E-state index in [0.29, 0.717) is 56.4 Å². The van der Waals surface area contributed by atoms with E-state index in [0.717, 1.165) is 12.1 Å². The van der Waals surface area contributed by atoms with Crippen LogP contribution >= 0.6 is 0 Å². The molecule has 7 nitrogen and oxygen atoms in total. The highest BCUT2D eigenvalue weighted by Crippen LogP contribution is 2.64. The molecule has 0 spiro atoms. The second-order valence-electron chi connectivity index (χ2n) is 9.53. The minimum Gasteiger partial charge on any atom is -0.474 e. The third-order valence-corrected chi connectivity index (χ3v) is 9.60. The smallest absolute Gasteiger partial charge is 0.217 e. The lowest BCUT2D eigenvalue weighted by Gasteiger charge is -2.39. The fourth-order valence-electron chi connectivity index (χ4n) is 5.65. The number of sulfonamides is 1. The zero-order valence-corrected chi connectivity index (χ0v) is 18.6. The van der Waals surface area contributed by atoms with E-state index in [1.807, 2.05) is 13.8 Å². The van der Waals surface area contributed by atoms with Crippen LogP contribution in [0.25, 0.3) is 0 Å². The van der Waals surface area contributed by atoms with Gasteiger partial charge in [0.15, 0.2) is 0 Å². The van der Waals surface area contributed by atoms with Gasteiger partial charge in [-0.25, -0.2) is 17.7 Å². The first-order valence-corrected chi connectivity index (χ1v) is 12.1. The van der Waals surface area contributed by atoms with Crippen LogP contribution in [0.4, 0.5) is 0 Å². The van der Waals surface area contributed by atoms with Gasteiger partial charge in [0.1, 0.15) is 17.7 Å². The number of Topliss-reactive ketones (excluding diaryl/α,β-unsaturated/α-hetero) is 1. The highest BCUT2D eigenvalue weighted by molar-refractivity contribution is 7.89. The van der Waals surface area contributed by atoms with Crippen molar-refractivity contribution in [3.05, 3.63) is 17.6 Å². The minimum atomic E-state index is -3.49. The molecule has 2 bridgehead atoms. The third-order valence-electron chi connectivity index (χ3n) is 7.59. The molecule has 4 rings (SSSR count). The van der Waals surface area contributed by atoms with Crippen LogP contribution in [0, 0.1) is 30.6 Å². The number of ether oxygens (including phenoxy) is 1. The molecule has 2 heterocycles. The Morgan fingerprint density at radius 2 is 1.86 bits per heavy atom. The van der Waals surface area contributed by atoms with Gasteiger partial charge >= 0.3 is 0 Å². The second-order valence-corrected chi connectivity index (χ2v) is 11.5. The van der Waals surface area contributed by atoms with Gasteiger partial charge in [0.05, 0.1) is 5.75 Å². The zero-order valence-electron chi connectivity index (χ0n) is 17.8. The maximum absolute atomic E-state index is 13.2. The van der Waals surface area contributed by atoms with Crippen molar-refractivity contribution < 1.29 is 17.9 Å². The summed E-state index contributed by atoms with van der Waals surface area (Å²) < 4.78 is 34.0. The Morgan fingerprint density at radius 1 is 1.17 bits per heavy atom. The summed E-state index contributed by atoms with van der Waals surface area (Å²) in [4.78, 5) is 21.3. The first-order chi connectivity index (χ1) is 13.5. The second kappa shape index (κ2) is 7.01. The highest BCUT2D eigenvalue weighted by atomic mass is 32.2. The normalized spacial score (nSPS) is 30.1. The summed E-state index contributed by atoms with van der Waals surface area (Å²) in [5.74, 6) is 1.64. The molecule has 2 aliphatic carbocycles. The van der Waals surface area contributed by atoms with Gasteiger partial charge in [-0.2, -0.15) is 4.98 Å². The zero-order chi connectivity index (χ0) is 21.0. The largest absolute Gasteiger partial charge is 0.474 e. The van der Waals surface area contributed by atoms with Crippen molar-refractivity contribution >= 4 is 15.8 Å². The molecule has 3 fully saturated rings. The molecule has 2 atom stereocenters. The number of ketones is 1. The van der Waals surface area contributed by atoms with E-state index in [9.17, 15) is 13.2 Å². The maximum atomic E-state index is 13.2. The van der Waals surface area contributed by atoms with Crippen molar-refractivity contribution in [1.29, 1.82) is 0 Å². The fraction of sp³-hybridized carbons (Fsp3) is 0.762. The Bertz CT molecular complexity index is 902. The number of carbonyl (C=O) groups excluding carboxylic acids is 1. The average molecular weight is 422 g/mol.